The first kappa shape index (κ1) is 17.4. The standard InChI is InChI=1S/C21H23N3O4/c25-19(23-11-14-12-28-10-9-21(14,13-23)20(26)27)18-16-7-4-8-17(16)24(22-18)15-5-2-1-3-6-15/h1-3,5-6,14H,4,7-13H2,(H,26,27)/t14-,21+/m0/s1. The van der Waals surface area contributed by atoms with Gasteiger partial charge in [-0.2, -0.15) is 5.10 Å². The molecule has 3 heterocycles. The van der Waals surface area contributed by atoms with Gasteiger partial charge in [0.15, 0.2) is 5.69 Å². The molecule has 1 aromatic carbocycles. The van der Waals surface area contributed by atoms with Crippen LogP contribution in [0.15, 0.2) is 30.3 Å². The summed E-state index contributed by atoms with van der Waals surface area (Å²) in [5.74, 6) is -1.13. The number of aliphatic carboxylic acids is 1. The fourth-order valence-electron chi connectivity index (χ4n) is 5.00. The van der Waals surface area contributed by atoms with E-state index < -0.39 is 11.4 Å². The van der Waals surface area contributed by atoms with Crippen molar-refractivity contribution in [2.75, 3.05) is 26.3 Å². The molecule has 2 fully saturated rings. The molecular formula is C21H23N3O4. The smallest absolute Gasteiger partial charge is 0.311 e. The molecule has 2 atom stereocenters. The third kappa shape index (κ3) is 2.49. The van der Waals surface area contributed by atoms with Crippen LogP contribution in [-0.4, -0.2) is 58.0 Å². The molecule has 0 bridgehead atoms. The highest BCUT2D eigenvalue weighted by Crippen LogP contribution is 2.43. The Morgan fingerprint density at radius 2 is 2.04 bits per heavy atom. The molecule has 0 radical (unpaired) electrons. The Balaban J connectivity index is 1.49. The Morgan fingerprint density at radius 1 is 1.21 bits per heavy atom. The molecule has 0 saturated carbocycles. The van der Waals surface area contributed by atoms with Crippen LogP contribution in [0, 0.1) is 11.3 Å². The maximum absolute atomic E-state index is 13.4. The second-order valence-corrected chi connectivity index (χ2v) is 8.04. The van der Waals surface area contributed by atoms with Gasteiger partial charge in [0.25, 0.3) is 5.91 Å². The van der Waals surface area contributed by atoms with Crippen LogP contribution < -0.4 is 0 Å². The molecule has 7 heteroatoms. The molecule has 2 aromatic rings. The number of nitrogens with zero attached hydrogens (tertiary/aromatic N) is 3. The van der Waals surface area contributed by atoms with E-state index in [9.17, 15) is 14.7 Å². The minimum Gasteiger partial charge on any atom is -0.481 e. The van der Waals surface area contributed by atoms with E-state index >= 15 is 0 Å². The zero-order valence-electron chi connectivity index (χ0n) is 15.6. The number of carbonyl (C=O) groups excluding carboxylic acids is 1. The van der Waals surface area contributed by atoms with E-state index in [1.807, 2.05) is 35.0 Å². The second-order valence-electron chi connectivity index (χ2n) is 8.04. The van der Waals surface area contributed by atoms with Crippen molar-refractivity contribution in [2.24, 2.45) is 11.3 Å². The maximum Gasteiger partial charge on any atom is 0.311 e. The van der Waals surface area contributed by atoms with Crippen molar-refractivity contribution in [1.82, 2.24) is 14.7 Å². The summed E-state index contributed by atoms with van der Waals surface area (Å²) in [4.78, 5) is 27.1. The summed E-state index contributed by atoms with van der Waals surface area (Å²) in [5, 5.41) is 14.5. The van der Waals surface area contributed by atoms with Crippen LogP contribution in [0.5, 0.6) is 0 Å². The number of hydrogen-bond acceptors (Lipinski definition) is 4. The van der Waals surface area contributed by atoms with Crippen molar-refractivity contribution in [3.63, 3.8) is 0 Å². The van der Waals surface area contributed by atoms with Gasteiger partial charge in [-0.3, -0.25) is 9.59 Å². The molecule has 2 saturated heterocycles. The van der Waals surface area contributed by atoms with Crippen LogP contribution in [0.3, 0.4) is 0 Å². The summed E-state index contributed by atoms with van der Waals surface area (Å²) in [6.07, 6.45) is 3.21. The molecule has 1 aliphatic carbocycles. The Bertz CT molecular complexity index is 939. The highest BCUT2D eigenvalue weighted by molar-refractivity contribution is 5.95. The van der Waals surface area contributed by atoms with Gasteiger partial charge in [-0.15, -0.1) is 0 Å². The molecule has 28 heavy (non-hydrogen) atoms. The van der Waals surface area contributed by atoms with E-state index in [1.165, 1.54) is 0 Å². The topological polar surface area (TPSA) is 84.7 Å². The average molecular weight is 381 g/mol. The largest absolute Gasteiger partial charge is 0.481 e. The second kappa shape index (κ2) is 6.44. The van der Waals surface area contributed by atoms with Crippen LogP contribution in [0.4, 0.5) is 0 Å². The summed E-state index contributed by atoms with van der Waals surface area (Å²) in [5.41, 5.74) is 2.66. The number of para-hydroxylation sites is 1. The van der Waals surface area contributed by atoms with Crippen molar-refractivity contribution < 1.29 is 19.4 Å². The molecule has 0 spiro atoms. The number of carbonyl (C=O) groups is 2. The van der Waals surface area contributed by atoms with Crippen molar-refractivity contribution in [2.45, 2.75) is 25.7 Å². The number of hydrogen-bond donors (Lipinski definition) is 1. The summed E-state index contributed by atoms with van der Waals surface area (Å²) >= 11 is 0. The molecule has 2 aliphatic heterocycles. The van der Waals surface area contributed by atoms with Crippen molar-refractivity contribution in [3.05, 3.63) is 47.3 Å². The monoisotopic (exact) mass is 381 g/mol. The zero-order chi connectivity index (χ0) is 19.3. The molecule has 7 nitrogen and oxygen atoms in total. The Labute approximate surface area is 162 Å². The molecule has 1 N–H and O–H groups in total. The van der Waals surface area contributed by atoms with E-state index in [4.69, 9.17) is 4.74 Å². The molecule has 5 rings (SSSR count). The number of likely N-dealkylation sites (tertiary alicyclic amines) is 1. The minimum atomic E-state index is -0.890. The SMILES string of the molecule is O=C(c1nn(-c2ccccc2)c2c1CCC2)N1C[C@H]2COCC[C@@]2(C(=O)O)C1. The average Bonchev–Trinajstić information content (AvgIpc) is 3.41. The Kier molecular flexibility index (Phi) is 4.01. The predicted octanol–water partition coefficient (Wildman–Crippen LogP) is 1.92. The molecule has 1 aromatic heterocycles. The predicted molar refractivity (Wildman–Crippen MR) is 100 cm³/mol. The number of fused-ring (bicyclic) bond motifs is 2. The number of rotatable bonds is 3. The minimum absolute atomic E-state index is 0.150. The number of benzene rings is 1. The van der Waals surface area contributed by atoms with Gasteiger partial charge < -0.3 is 14.7 Å². The van der Waals surface area contributed by atoms with Gasteiger partial charge in [-0.25, -0.2) is 4.68 Å². The lowest BCUT2D eigenvalue weighted by Gasteiger charge is -2.33. The number of carboxylic acids is 1. The van der Waals surface area contributed by atoms with Gasteiger partial charge in [0, 0.05) is 36.9 Å². The van der Waals surface area contributed by atoms with E-state index in [0.717, 1.165) is 36.2 Å². The Morgan fingerprint density at radius 3 is 2.79 bits per heavy atom. The number of amides is 1. The molecular weight excluding hydrogens is 358 g/mol. The van der Waals surface area contributed by atoms with Crippen LogP contribution in [0.2, 0.25) is 0 Å². The zero-order valence-corrected chi connectivity index (χ0v) is 15.6. The van der Waals surface area contributed by atoms with Gasteiger partial charge in [0.05, 0.1) is 17.7 Å². The van der Waals surface area contributed by atoms with E-state index in [0.29, 0.717) is 31.9 Å². The van der Waals surface area contributed by atoms with Gasteiger partial charge in [0.1, 0.15) is 0 Å². The van der Waals surface area contributed by atoms with Crippen LogP contribution in [0.25, 0.3) is 5.69 Å². The van der Waals surface area contributed by atoms with Crippen molar-refractivity contribution in [3.8, 4) is 5.69 Å². The van der Waals surface area contributed by atoms with Crippen LogP contribution >= 0.6 is 0 Å². The first-order valence-electron chi connectivity index (χ1n) is 9.87. The lowest BCUT2D eigenvalue weighted by atomic mass is 9.74. The lowest BCUT2D eigenvalue weighted by molar-refractivity contribution is -0.157. The van der Waals surface area contributed by atoms with Crippen molar-refractivity contribution >= 4 is 11.9 Å². The van der Waals surface area contributed by atoms with Crippen LogP contribution in [0.1, 0.15) is 34.6 Å². The van der Waals surface area contributed by atoms with Gasteiger partial charge >= 0.3 is 5.97 Å². The lowest BCUT2D eigenvalue weighted by Crippen LogP contribution is -2.45. The number of ether oxygens (including phenoxy) is 1. The van der Waals surface area contributed by atoms with Gasteiger partial charge in [-0.05, 0) is 37.8 Å². The Hall–Kier alpha value is -2.67. The van der Waals surface area contributed by atoms with Gasteiger partial charge in [-0.1, -0.05) is 18.2 Å². The molecule has 0 unspecified atom stereocenters. The van der Waals surface area contributed by atoms with Gasteiger partial charge in [0.2, 0.25) is 0 Å². The number of aromatic nitrogens is 2. The summed E-state index contributed by atoms with van der Waals surface area (Å²) < 4.78 is 7.39. The first-order chi connectivity index (χ1) is 13.6. The third-order valence-corrected chi connectivity index (χ3v) is 6.55. The maximum atomic E-state index is 13.4. The van der Waals surface area contributed by atoms with E-state index in [2.05, 4.69) is 5.10 Å². The first-order valence-corrected chi connectivity index (χ1v) is 9.87. The fourth-order valence-corrected chi connectivity index (χ4v) is 5.00. The quantitative estimate of drug-likeness (QED) is 0.878. The fraction of sp³-hybridized carbons (Fsp3) is 0.476. The highest BCUT2D eigenvalue weighted by Gasteiger charge is 2.55. The highest BCUT2D eigenvalue weighted by atomic mass is 16.5. The van der Waals surface area contributed by atoms with Crippen LogP contribution in [-0.2, 0) is 22.4 Å². The normalized spacial score (nSPS) is 26.1. The summed E-state index contributed by atoms with van der Waals surface area (Å²) in [7, 11) is 0. The van der Waals surface area contributed by atoms with E-state index in [1.54, 1.807) is 4.90 Å². The third-order valence-electron chi connectivity index (χ3n) is 6.55. The van der Waals surface area contributed by atoms with E-state index in [-0.39, 0.29) is 18.4 Å². The molecule has 146 valence electrons. The summed E-state index contributed by atoms with van der Waals surface area (Å²) in [6.45, 7) is 1.48. The summed E-state index contributed by atoms with van der Waals surface area (Å²) in [6, 6.07) is 9.85. The number of carboxylic acid groups (broad SMARTS) is 1. The molecule has 1 amide bonds. The van der Waals surface area contributed by atoms with Crippen molar-refractivity contribution in [1.29, 1.82) is 0 Å². The molecule has 3 aliphatic rings.